The molecule has 0 bridgehead atoms. The standard InChI is InChI=1S/C27H26N4O3S/c1-17-13-14-21(15-18(17)2)26-30-31-27(34-26)35-16-24(32)29-23-12-8-7-11-22(23)25(33)28-19(3)20-9-5-4-6-10-20/h4-15,19H,16H2,1-3H3,(H,28,33)(H,29,32). The largest absolute Gasteiger partial charge is 0.411 e. The van der Waals surface area contributed by atoms with Gasteiger partial charge in [0.2, 0.25) is 11.8 Å². The van der Waals surface area contributed by atoms with Gasteiger partial charge in [0.05, 0.1) is 23.0 Å². The van der Waals surface area contributed by atoms with Gasteiger partial charge in [0, 0.05) is 5.56 Å². The molecule has 2 N–H and O–H groups in total. The molecule has 1 aromatic heterocycles. The number of thioether (sulfide) groups is 1. The summed E-state index contributed by atoms with van der Waals surface area (Å²) in [6.07, 6.45) is 0. The third-order valence-electron chi connectivity index (χ3n) is 5.58. The SMILES string of the molecule is Cc1ccc(-c2nnc(SCC(=O)Nc3ccccc3C(=O)NC(C)c3ccccc3)o2)cc1C. The molecule has 7 nitrogen and oxygen atoms in total. The molecule has 0 fully saturated rings. The highest BCUT2D eigenvalue weighted by Crippen LogP contribution is 2.25. The van der Waals surface area contributed by atoms with E-state index in [1.807, 2.05) is 69.3 Å². The van der Waals surface area contributed by atoms with Gasteiger partial charge in [-0.2, -0.15) is 0 Å². The van der Waals surface area contributed by atoms with Gasteiger partial charge in [-0.25, -0.2) is 0 Å². The number of benzene rings is 3. The molecule has 178 valence electrons. The molecule has 35 heavy (non-hydrogen) atoms. The Labute approximate surface area is 208 Å². The normalized spacial score (nSPS) is 11.6. The minimum Gasteiger partial charge on any atom is -0.411 e. The van der Waals surface area contributed by atoms with E-state index in [-0.39, 0.29) is 23.6 Å². The Morgan fingerprint density at radius 2 is 1.69 bits per heavy atom. The fourth-order valence-electron chi connectivity index (χ4n) is 3.46. The number of amides is 2. The molecular formula is C27H26N4O3S. The summed E-state index contributed by atoms with van der Waals surface area (Å²) >= 11 is 1.14. The number of anilines is 1. The maximum atomic E-state index is 12.9. The van der Waals surface area contributed by atoms with Crippen molar-refractivity contribution in [3.05, 3.63) is 95.1 Å². The second kappa shape index (κ2) is 11.0. The van der Waals surface area contributed by atoms with Gasteiger partial charge in [-0.05, 0) is 61.7 Å². The first-order valence-electron chi connectivity index (χ1n) is 11.2. The van der Waals surface area contributed by atoms with Crippen LogP contribution < -0.4 is 10.6 Å². The van der Waals surface area contributed by atoms with E-state index >= 15 is 0 Å². The summed E-state index contributed by atoms with van der Waals surface area (Å²) in [5.41, 5.74) is 4.99. The molecule has 1 atom stereocenters. The van der Waals surface area contributed by atoms with Crippen LogP contribution in [0.15, 0.2) is 82.4 Å². The van der Waals surface area contributed by atoms with E-state index in [2.05, 4.69) is 20.8 Å². The average molecular weight is 487 g/mol. The van der Waals surface area contributed by atoms with E-state index in [9.17, 15) is 9.59 Å². The molecule has 1 unspecified atom stereocenters. The van der Waals surface area contributed by atoms with Gasteiger partial charge in [-0.15, -0.1) is 10.2 Å². The number of hydrogen-bond donors (Lipinski definition) is 2. The number of nitrogens with one attached hydrogen (secondary N) is 2. The number of para-hydroxylation sites is 1. The Morgan fingerprint density at radius 3 is 2.46 bits per heavy atom. The fourth-order valence-corrected chi connectivity index (χ4v) is 4.03. The van der Waals surface area contributed by atoms with Crippen molar-refractivity contribution in [2.24, 2.45) is 0 Å². The lowest BCUT2D eigenvalue weighted by atomic mass is 10.1. The Morgan fingerprint density at radius 1 is 0.943 bits per heavy atom. The van der Waals surface area contributed by atoms with Crippen molar-refractivity contribution in [2.75, 3.05) is 11.1 Å². The second-order valence-corrected chi connectivity index (χ2v) is 9.09. The van der Waals surface area contributed by atoms with E-state index in [4.69, 9.17) is 4.42 Å². The highest BCUT2D eigenvalue weighted by molar-refractivity contribution is 7.99. The zero-order valence-corrected chi connectivity index (χ0v) is 20.6. The molecule has 3 aromatic carbocycles. The number of hydrogen-bond acceptors (Lipinski definition) is 6. The van der Waals surface area contributed by atoms with Crippen molar-refractivity contribution in [3.63, 3.8) is 0 Å². The number of nitrogens with zero attached hydrogens (tertiary/aromatic N) is 2. The van der Waals surface area contributed by atoms with Crippen LogP contribution in [0.4, 0.5) is 5.69 Å². The van der Waals surface area contributed by atoms with Gasteiger partial charge in [0.1, 0.15) is 0 Å². The van der Waals surface area contributed by atoms with Gasteiger partial charge < -0.3 is 15.1 Å². The number of rotatable bonds is 8. The van der Waals surface area contributed by atoms with Crippen molar-refractivity contribution in [1.29, 1.82) is 0 Å². The van der Waals surface area contributed by atoms with Crippen LogP contribution in [0.5, 0.6) is 0 Å². The lowest BCUT2D eigenvalue weighted by Crippen LogP contribution is -2.28. The Kier molecular flexibility index (Phi) is 7.62. The van der Waals surface area contributed by atoms with Crippen LogP contribution in [0, 0.1) is 13.8 Å². The monoisotopic (exact) mass is 486 g/mol. The molecule has 0 saturated heterocycles. The van der Waals surface area contributed by atoms with Gasteiger partial charge in [0.15, 0.2) is 0 Å². The summed E-state index contributed by atoms with van der Waals surface area (Å²) in [4.78, 5) is 25.5. The van der Waals surface area contributed by atoms with Crippen LogP contribution in [0.1, 0.15) is 40.0 Å². The molecule has 4 aromatic rings. The summed E-state index contributed by atoms with van der Waals surface area (Å²) in [6.45, 7) is 5.98. The third kappa shape index (κ3) is 6.16. The van der Waals surface area contributed by atoms with E-state index in [0.717, 1.165) is 28.5 Å². The zero-order valence-electron chi connectivity index (χ0n) is 19.7. The van der Waals surface area contributed by atoms with Crippen LogP contribution >= 0.6 is 11.8 Å². The Balaban J connectivity index is 1.36. The van der Waals surface area contributed by atoms with Crippen LogP contribution in [-0.4, -0.2) is 27.8 Å². The minimum absolute atomic E-state index is 0.0604. The number of aromatic nitrogens is 2. The van der Waals surface area contributed by atoms with E-state index in [0.29, 0.717) is 22.4 Å². The first kappa shape index (κ1) is 24.2. The molecule has 0 aliphatic rings. The molecule has 8 heteroatoms. The smallest absolute Gasteiger partial charge is 0.277 e. The van der Waals surface area contributed by atoms with Crippen LogP contribution in [-0.2, 0) is 4.79 Å². The highest BCUT2D eigenvalue weighted by Gasteiger charge is 2.17. The first-order chi connectivity index (χ1) is 16.9. The zero-order chi connectivity index (χ0) is 24.8. The summed E-state index contributed by atoms with van der Waals surface area (Å²) in [7, 11) is 0. The van der Waals surface area contributed by atoms with Gasteiger partial charge in [-0.3, -0.25) is 9.59 Å². The lowest BCUT2D eigenvalue weighted by Gasteiger charge is -2.16. The van der Waals surface area contributed by atoms with Crippen molar-refractivity contribution in [2.45, 2.75) is 32.0 Å². The summed E-state index contributed by atoms with van der Waals surface area (Å²) < 4.78 is 5.71. The molecule has 0 radical (unpaired) electrons. The molecule has 0 spiro atoms. The fraction of sp³-hybridized carbons (Fsp3) is 0.185. The molecule has 2 amide bonds. The van der Waals surface area contributed by atoms with Gasteiger partial charge in [-0.1, -0.05) is 60.3 Å². The molecule has 0 saturated carbocycles. The Hall–Kier alpha value is -3.91. The van der Waals surface area contributed by atoms with Crippen LogP contribution in [0.2, 0.25) is 0 Å². The van der Waals surface area contributed by atoms with Gasteiger partial charge >= 0.3 is 0 Å². The summed E-state index contributed by atoms with van der Waals surface area (Å²) in [5.74, 6) is -0.0760. The predicted molar refractivity (Wildman–Crippen MR) is 137 cm³/mol. The average Bonchev–Trinajstić information content (AvgIpc) is 3.34. The number of carbonyl (C=O) groups is 2. The maximum absolute atomic E-state index is 12.9. The predicted octanol–water partition coefficient (Wildman–Crippen LogP) is 5.58. The Bertz CT molecular complexity index is 1340. The summed E-state index contributed by atoms with van der Waals surface area (Å²) in [5, 5.41) is 14.2. The van der Waals surface area contributed by atoms with Crippen molar-refractivity contribution < 1.29 is 14.0 Å². The maximum Gasteiger partial charge on any atom is 0.277 e. The summed E-state index contributed by atoms with van der Waals surface area (Å²) in [6, 6.07) is 22.4. The molecule has 0 aliphatic carbocycles. The quantitative estimate of drug-likeness (QED) is 0.316. The molecule has 0 aliphatic heterocycles. The van der Waals surface area contributed by atoms with Crippen molar-refractivity contribution >= 4 is 29.3 Å². The highest BCUT2D eigenvalue weighted by atomic mass is 32.2. The molecule has 1 heterocycles. The van der Waals surface area contributed by atoms with E-state index in [1.54, 1.807) is 24.3 Å². The lowest BCUT2D eigenvalue weighted by molar-refractivity contribution is -0.113. The van der Waals surface area contributed by atoms with Crippen molar-refractivity contribution in [3.8, 4) is 11.5 Å². The van der Waals surface area contributed by atoms with E-state index in [1.165, 1.54) is 5.56 Å². The second-order valence-electron chi connectivity index (χ2n) is 8.16. The number of carbonyl (C=O) groups excluding carboxylic acids is 2. The first-order valence-corrected chi connectivity index (χ1v) is 12.2. The van der Waals surface area contributed by atoms with Crippen LogP contribution in [0.3, 0.4) is 0 Å². The third-order valence-corrected chi connectivity index (χ3v) is 6.40. The van der Waals surface area contributed by atoms with E-state index < -0.39 is 0 Å². The topological polar surface area (TPSA) is 97.1 Å². The minimum atomic E-state index is -0.280. The number of aryl methyl sites for hydroxylation is 2. The molecule has 4 rings (SSSR count). The molecular weight excluding hydrogens is 460 g/mol. The van der Waals surface area contributed by atoms with Gasteiger partial charge in [0.25, 0.3) is 11.1 Å². The van der Waals surface area contributed by atoms with Crippen LogP contribution in [0.25, 0.3) is 11.5 Å². The van der Waals surface area contributed by atoms with Crippen molar-refractivity contribution in [1.82, 2.24) is 15.5 Å².